The average Bonchev–Trinajstić information content (AvgIpc) is 2.70. The Hall–Kier alpha value is -3.62. The van der Waals surface area contributed by atoms with E-state index in [0.717, 1.165) is 6.42 Å². The van der Waals surface area contributed by atoms with Crippen LogP contribution in [-0.2, 0) is 9.53 Å². The molecule has 2 aromatic carbocycles. The van der Waals surface area contributed by atoms with Crippen molar-refractivity contribution in [2.75, 3.05) is 25.6 Å². The van der Waals surface area contributed by atoms with Gasteiger partial charge in [0.15, 0.2) is 18.1 Å². The molecule has 0 spiro atoms. The van der Waals surface area contributed by atoms with E-state index in [1.54, 1.807) is 12.1 Å². The molecule has 0 aliphatic heterocycles. The highest BCUT2D eigenvalue weighted by atomic mass is 16.6. The lowest BCUT2D eigenvalue weighted by Crippen LogP contribution is -2.21. The first-order chi connectivity index (χ1) is 13.5. The topological polar surface area (TPSA) is 117 Å². The number of ether oxygens (including phenoxy) is 3. The molecule has 148 valence electrons. The Labute approximate surface area is 161 Å². The van der Waals surface area contributed by atoms with Gasteiger partial charge in [-0.25, -0.2) is 4.79 Å². The zero-order valence-corrected chi connectivity index (χ0v) is 15.5. The number of rotatable bonds is 9. The maximum absolute atomic E-state index is 12.2. The van der Waals surface area contributed by atoms with Gasteiger partial charge in [0, 0.05) is 6.07 Å². The molecule has 0 aliphatic rings. The van der Waals surface area contributed by atoms with Crippen molar-refractivity contribution < 1.29 is 28.7 Å². The third-order valence-electron chi connectivity index (χ3n) is 3.57. The second-order valence-corrected chi connectivity index (χ2v) is 5.61. The summed E-state index contributed by atoms with van der Waals surface area (Å²) >= 11 is 0. The van der Waals surface area contributed by atoms with Crippen LogP contribution in [0, 0.1) is 10.1 Å². The van der Waals surface area contributed by atoms with E-state index in [1.165, 1.54) is 37.4 Å². The van der Waals surface area contributed by atoms with Gasteiger partial charge in [0.1, 0.15) is 5.69 Å². The fraction of sp³-hybridized carbons (Fsp3) is 0.263. The van der Waals surface area contributed by atoms with Gasteiger partial charge in [0.25, 0.3) is 11.6 Å². The molecule has 1 N–H and O–H groups in total. The summed E-state index contributed by atoms with van der Waals surface area (Å²) in [6, 6.07) is 10.2. The van der Waals surface area contributed by atoms with E-state index in [0.29, 0.717) is 18.1 Å². The Morgan fingerprint density at radius 3 is 2.57 bits per heavy atom. The second-order valence-electron chi connectivity index (χ2n) is 5.61. The number of esters is 1. The Morgan fingerprint density at radius 2 is 1.89 bits per heavy atom. The Morgan fingerprint density at radius 1 is 1.14 bits per heavy atom. The Kier molecular flexibility index (Phi) is 7.32. The van der Waals surface area contributed by atoms with Crippen molar-refractivity contribution in [3.8, 4) is 11.5 Å². The molecule has 0 fully saturated rings. The molecular weight excluding hydrogens is 368 g/mol. The molecule has 0 aromatic heterocycles. The number of nitrogens with zero attached hydrogens (tertiary/aromatic N) is 1. The monoisotopic (exact) mass is 388 g/mol. The molecule has 9 nitrogen and oxygen atoms in total. The molecule has 0 atom stereocenters. The van der Waals surface area contributed by atoms with Gasteiger partial charge in [0.05, 0.1) is 24.2 Å². The summed E-state index contributed by atoms with van der Waals surface area (Å²) in [5, 5.41) is 13.3. The minimum Gasteiger partial charge on any atom is -0.493 e. The van der Waals surface area contributed by atoms with Crippen LogP contribution in [-0.4, -0.2) is 37.1 Å². The van der Waals surface area contributed by atoms with Crippen LogP contribution < -0.4 is 14.8 Å². The summed E-state index contributed by atoms with van der Waals surface area (Å²) < 4.78 is 15.7. The number of nitro groups is 1. The highest BCUT2D eigenvalue weighted by Gasteiger charge is 2.17. The van der Waals surface area contributed by atoms with Crippen molar-refractivity contribution in [2.45, 2.75) is 13.3 Å². The van der Waals surface area contributed by atoms with Crippen LogP contribution in [0.1, 0.15) is 23.7 Å². The number of para-hydroxylation sites is 2. The van der Waals surface area contributed by atoms with Crippen LogP contribution in [0.25, 0.3) is 0 Å². The SMILES string of the molecule is CCCOc1ccc(C(=O)OCC(=O)Nc2ccccc2[N+](=O)[O-])cc1OC. The molecule has 28 heavy (non-hydrogen) atoms. The lowest BCUT2D eigenvalue weighted by Gasteiger charge is -2.11. The standard InChI is InChI=1S/C19H20N2O7/c1-3-10-27-16-9-8-13(11-17(16)26-2)19(23)28-12-18(22)20-14-6-4-5-7-15(14)21(24)25/h4-9,11H,3,10,12H2,1-2H3,(H,20,22). The number of hydrogen-bond acceptors (Lipinski definition) is 7. The molecule has 0 saturated heterocycles. The minimum absolute atomic E-state index is 0.0210. The molecule has 2 aromatic rings. The maximum Gasteiger partial charge on any atom is 0.338 e. The average molecular weight is 388 g/mol. The number of amides is 1. The number of nitrogens with one attached hydrogen (secondary N) is 1. The van der Waals surface area contributed by atoms with Crippen LogP contribution in [0.2, 0.25) is 0 Å². The first kappa shape index (κ1) is 20.7. The van der Waals surface area contributed by atoms with Gasteiger partial charge in [-0.15, -0.1) is 0 Å². The first-order valence-corrected chi connectivity index (χ1v) is 8.47. The summed E-state index contributed by atoms with van der Waals surface area (Å²) in [6.45, 7) is 1.88. The van der Waals surface area contributed by atoms with Crippen LogP contribution in [0.3, 0.4) is 0 Å². The smallest absolute Gasteiger partial charge is 0.338 e. The fourth-order valence-corrected chi connectivity index (χ4v) is 2.27. The molecule has 9 heteroatoms. The third-order valence-corrected chi connectivity index (χ3v) is 3.57. The number of anilines is 1. The van der Waals surface area contributed by atoms with Gasteiger partial charge in [0.2, 0.25) is 0 Å². The van der Waals surface area contributed by atoms with Crippen molar-refractivity contribution >= 4 is 23.3 Å². The zero-order chi connectivity index (χ0) is 20.5. The van der Waals surface area contributed by atoms with E-state index in [4.69, 9.17) is 14.2 Å². The van der Waals surface area contributed by atoms with Crippen molar-refractivity contribution in [3.05, 3.63) is 58.1 Å². The molecule has 0 aliphatic carbocycles. The molecule has 1 amide bonds. The predicted molar refractivity (Wildman–Crippen MR) is 101 cm³/mol. The Balaban J connectivity index is 1.98. The largest absolute Gasteiger partial charge is 0.493 e. The number of carbonyl (C=O) groups is 2. The van der Waals surface area contributed by atoms with Gasteiger partial charge >= 0.3 is 5.97 Å². The van der Waals surface area contributed by atoms with Crippen LogP contribution in [0.5, 0.6) is 11.5 Å². The third kappa shape index (κ3) is 5.44. The summed E-state index contributed by atoms with van der Waals surface area (Å²) in [5.41, 5.74) is -0.0542. The van der Waals surface area contributed by atoms with Crippen molar-refractivity contribution in [1.29, 1.82) is 0 Å². The second kappa shape index (κ2) is 9.91. The summed E-state index contributed by atoms with van der Waals surface area (Å²) in [6.07, 6.45) is 0.821. The van der Waals surface area contributed by atoms with E-state index >= 15 is 0 Å². The van der Waals surface area contributed by atoms with Crippen molar-refractivity contribution in [3.63, 3.8) is 0 Å². The number of benzene rings is 2. The Bertz CT molecular complexity index is 867. The molecule has 0 heterocycles. The first-order valence-electron chi connectivity index (χ1n) is 8.47. The van der Waals surface area contributed by atoms with Crippen molar-refractivity contribution in [1.82, 2.24) is 0 Å². The number of methoxy groups -OCH3 is 1. The number of hydrogen-bond donors (Lipinski definition) is 1. The molecule has 0 bridgehead atoms. The predicted octanol–water partition coefficient (Wildman–Crippen LogP) is 3.19. The molecule has 2 rings (SSSR count). The number of carbonyl (C=O) groups excluding carboxylic acids is 2. The number of nitro benzene ring substituents is 1. The van der Waals surface area contributed by atoms with E-state index < -0.39 is 23.4 Å². The van der Waals surface area contributed by atoms with Gasteiger partial charge in [-0.2, -0.15) is 0 Å². The highest BCUT2D eigenvalue weighted by Crippen LogP contribution is 2.28. The van der Waals surface area contributed by atoms with Crippen LogP contribution in [0.4, 0.5) is 11.4 Å². The van der Waals surface area contributed by atoms with Gasteiger partial charge in [-0.05, 0) is 30.7 Å². The van der Waals surface area contributed by atoms with E-state index in [9.17, 15) is 19.7 Å². The molecular formula is C19H20N2O7. The summed E-state index contributed by atoms with van der Waals surface area (Å²) in [5.74, 6) is -0.571. The lowest BCUT2D eigenvalue weighted by molar-refractivity contribution is -0.383. The van der Waals surface area contributed by atoms with Crippen molar-refractivity contribution in [2.24, 2.45) is 0 Å². The van der Waals surface area contributed by atoms with Crippen LogP contribution in [0.15, 0.2) is 42.5 Å². The highest BCUT2D eigenvalue weighted by molar-refractivity contribution is 5.97. The molecule has 0 unspecified atom stereocenters. The quantitative estimate of drug-likeness (QED) is 0.398. The van der Waals surface area contributed by atoms with E-state index in [-0.39, 0.29) is 16.9 Å². The van der Waals surface area contributed by atoms with Gasteiger partial charge < -0.3 is 19.5 Å². The summed E-state index contributed by atoms with van der Waals surface area (Å²) in [4.78, 5) is 34.5. The van der Waals surface area contributed by atoms with E-state index in [1.807, 2.05) is 6.92 Å². The fourth-order valence-electron chi connectivity index (χ4n) is 2.27. The van der Waals surface area contributed by atoms with Crippen LogP contribution >= 0.6 is 0 Å². The zero-order valence-electron chi connectivity index (χ0n) is 15.5. The maximum atomic E-state index is 12.2. The normalized spacial score (nSPS) is 10.1. The molecule has 0 radical (unpaired) electrons. The van der Waals surface area contributed by atoms with Gasteiger partial charge in [-0.1, -0.05) is 19.1 Å². The lowest BCUT2D eigenvalue weighted by atomic mass is 10.2. The van der Waals surface area contributed by atoms with Gasteiger partial charge in [-0.3, -0.25) is 14.9 Å². The summed E-state index contributed by atoms with van der Waals surface area (Å²) in [7, 11) is 1.45. The minimum atomic E-state index is -0.738. The van der Waals surface area contributed by atoms with E-state index in [2.05, 4.69) is 5.32 Å². The molecule has 0 saturated carbocycles.